The van der Waals surface area contributed by atoms with Gasteiger partial charge in [0.15, 0.2) is 0 Å². The fraction of sp³-hybridized carbons (Fsp3) is 0.407. The van der Waals surface area contributed by atoms with Crippen LogP contribution in [0.2, 0.25) is 0 Å². The van der Waals surface area contributed by atoms with Crippen molar-refractivity contribution in [1.82, 2.24) is 25.2 Å². The summed E-state index contributed by atoms with van der Waals surface area (Å²) in [6, 6.07) is 10.3. The highest BCUT2D eigenvalue weighted by Crippen LogP contribution is 2.33. The van der Waals surface area contributed by atoms with Gasteiger partial charge in [-0.15, -0.1) is 0 Å². The number of anilines is 4. The number of likely N-dealkylation sites (N-methyl/N-ethyl adjacent to an activating group) is 1. The number of rotatable bonds is 6. The summed E-state index contributed by atoms with van der Waals surface area (Å²) >= 11 is 0. The molecule has 0 atom stereocenters. The van der Waals surface area contributed by atoms with E-state index in [1.807, 2.05) is 12.1 Å². The van der Waals surface area contributed by atoms with E-state index in [0.29, 0.717) is 29.0 Å². The molecular formula is C27H31F3N8O. The van der Waals surface area contributed by atoms with E-state index in [2.05, 4.69) is 42.3 Å². The Morgan fingerprint density at radius 1 is 0.949 bits per heavy atom. The molecule has 5 rings (SSSR count). The van der Waals surface area contributed by atoms with Crippen molar-refractivity contribution in [3.05, 3.63) is 64.7 Å². The van der Waals surface area contributed by atoms with Crippen LogP contribution in [0.1, 0.15) is 33.5 Å². The van der Waals surface area contributed by atoms with Gasteiger partial charge in [-0.3, -0.25) is 4.79 Å². The minimum Gasteiger partial charge on any atom is -0.357 e. The molecule has 3 aromatic rings. The number of nitrogens with one attached hydrogen (secondary N) is 2. The molecule has 2 N–H and O–H groups in total. The molecule has 12 heteroatoms. The minimum absolute atomic E-state index is 0.132. The number of carbonyl (C=O) groups is 1. The molecule has 0 aliphatic carbocycles. The fourth-order valence-electron chi connectivity index (χ4n) is 4.78. The smallest absolute Gasteiger partial charge is 0.357 e. The molecule has 39 heavy (non-hydrogen) atoms. The Morgan fingerprint density at radius 2 is 1.67 bits per heavy atom. The highest BCUT2D eigenvalue weighted by atomic mass is 19.4. The number of hydrogen-bond donors (Lipinski definition) is 2. The van der Waals surface area contributed by atoms with Gasteiger partial charge in [-0.25, -0.2) is 0 Å². The van der Waals surface area contributed by atoms with Crippen molar-refractivity contribution < 1.29 is 18.0 Å². The molecule has 2 aromatic carbocycles. The fourth-order valence-corrected chi connectivity index (χ4v) is 4.78. The van der Waals surface area contributed by atoms with Gasteiger partial charge in [-0.05, 0) is 61.3 Å². The molecule has 0 spiro atoms. The van der Waals surface area contributed by atoms with Gasteiger partial charge in [0.2, 0.25) is 17.8 Å². The van der Waals surface area contributed by atoms with E-state index in [4.69, 9.17) is 4.98 Å². The van der Waals surface area contributed by atoms with Gasteiger partial charge in [0.25, 0.3) is 5.91 Å². The SMILES string of the molecule is CNc1nc(N2CCN(C)CC2)nc(N2CCCc3cc(C(=O)NCc4ccc(C(F)(F)F)cc4)ccc32)n1. The van der Waals surface area contributed by atoms with Crippen LogP contribution in [0.25, 0.3) is 0 Å². The zero-order valence-corrected chi connectivity index (χ0v) is 21.9. The number of amides is 1. The molecular weight excluding hydrogens is 509 g/mol. The molecule has 0 saturated carbocycles. The quantitative estimate of drug-likeness (QED) is 0.490. The van der Waals surface area contributed by atoms with Crippen molar-refractivity contribution >= 4 is 29.4 Å². The molecule has 2 aliphatic rings. The van der Waals surface area contributed by atoms with E-state index in [-0.39, 0.29) is 12.5 Å². The first-order valence-electron chi connectivity index (χ1n) is 12.9. The van der Waals surface area contributed by atoms with Gasteiger partial charge in [0, 0.05) is 57.6 Å². The van der Waals surface area contributed by atoms with Crippen molar-refractivity contribution in [1.29, 1.82) is 0 Å². The topological polar surface area (TPSA) is 89.5 Å². The standard InChI is InChI=1S/C27H31F3N8O/c1-31-24-33-25(37-14-12-36(2)13-15-37)35-26(34-24)38-11-3-4-19-16-20(7-10-22(19)38)23(39)32-17-18-5-8-21(9-6-18)27(28,29)30/h5-10,16H,3-4,11-15,17H2,1-2H3,(H,32,39)(H,31,33,34,35). The largest absolute Gasteiger partial charge is 0.416 e. The summed E-state index contributed by atoms with van der Waals surface area (Å²) in [6.07, 6.45) is -2.71. The van der Waals surface area contributed by atoms with Crippen molar-refractivity contribution in [2.75, 3.05) is 61.9 Å². The first kappa shape index (κ1) is 26.7. The molecule has 0 unspecified atom stereocenters. The number of hydrogen-bond acceptors (Lipinski definition) is 8. The predicted molar refractivity (Wildman–Crippen MR) is 143 cm³/mol. The molecule has 1 aromatic heterocycles. The summed E-state index contributed by atoms with van der Waals surface area (Å²) in [7, 11) is 3.88. The molecule has 2 aliphatic heterocycles. The van der Waals surface area contributed by atoms with E-state index in [0.717, 1.165) is 68.9 Å². The van der Waals surface area contributed by atoms with Gasteiger partial charge >= 0.3 is 6.18 Å². The van der Waals surface area contributed by atoms with Crippen LogP contribution >= 0.6 is 0 Å². The lowest BCUT2D eigenvalue weighted by Crippen LogP contribution is -2.45. The van der Waals surface area contributed by atoms with Gasteiger partial charge in [-0.1, -0.05) is 12.1 Å². The number of carbonyl (C=O) groups excluding carboxylic acids is 1. The molecule has 0 bridgehead atoms. The maximum atomic E-state index is 12.9. The average Bonchev–Trinajstić information content (AvgIpc) is 2.95. The number of aromatic nitrogens is 3. The van der Waals surface area contributed by atoms with Gasteiger partial charge in [0.1, 0.15) is 0 Å². The summed E-state index contributed by atoms with van der Waals surface area (Å²) in [5.41, 5.74) is 2.32. The second-order valence-electron chi connectivity index (χ2n) is 9.78. The van der Waals surface area contributed by atoms with Crippen LogP contribution in [0, 0.1) is 0 Å². The van der Waals surface area contributed by atoms with Gasteiger partial charge in [0.05, 0.1) is 5.56 Å². The number of fused-ring (bicyclic) bond motifs is 1. The zero-order valence-electron chi connectivity index (χ0n) is 21.9. The maximum Gasteiger partial charge on any atom is 0.416 e. The normalized spacial score (nSPS) is 16.1. The van der Waals surface area contributed by atoms with Crippen molar-refractivity contribution in [2.45, 2.75) is 25.6 Å². The lowest BCUT2D eigenvalue weighted by atomic mass is 9.99. The number of nitrogens with zero attached hydrogens (tertiary/aromatic N) is 6. The van der Waals surface area contributed by atoms with E-state index < -0.39 is 11.7 Å². The van der Waals surface area contributed by atoms with E-state index >= 15 is 0 Å². The second-order valence-corrected chi connectivity index (χ2v) is 9.78. The van der Waals surface area contributed by atoms with Gasteiger partial charge < -0.3 is 25.3 Å². The van der Waals surface area contributed by atoms with Crippen LogP contribution in [-0.4, -0.2) is 72.6 Å². The molecule has 206 valence electrons. The van der Waals surface area contributed by atoms with Crippen LogP contribution in [0.3, 0.4) is 0 Å². The number of benzene rings is 2. The Kier molecular flexibility index (Phi) is 7.56. The summed E-state index contributed by atoms with van der Waals surface area (Å²) in [6.45, 7) is 4.42. The Morgan fingerprint density at radius 3 is 2.36 bits per heavy atom. The molecule has 0 radical (unpaired) electrons. The number of aryl methyl sites for hydroxylation is 1. The van der Waals surface area contributed by atoms with Crippen LogP contribution in [0.4, 0.5) is 36.7 Å². The van der Waals surface area contributed by atoms with Crippen molar-refractivity contribution in [2.24, 2.45) is 0 Å². The predicted octanol–water partition coefficient (Wildman–Crippen LogP) is 3.70. The first-order valence-corrected chi connectivity index (χ1v) is 12.9. The summed E-state index contributed by atoms with van der Waals surface area (Å²) in [5.74, 6) is 1.41. The number of piperazine rings is 1. The Bertz CT molecular complexity index is 1320. The van der Waals surface area contributed by atoms with Crippen LogP contribution < -0.4 is 20.4 Å². The molecule has 1 fully saturated rings. The summed E-state index contributed by atoms with van der Waals surface area (Å²) < 4.78 is 38.4. The maximum absolute atomic E-state index is 12.9. The Balaban J connectivity index is 1.32. The lowest BCUT2D eigenvalue weighted by Gasteiger charge is -2.34. The lowest BCUT2D eigenvalue weighted by molar-refractivity contribution is -0.137. The third-order valence-corrected chi connectivity index (χ3v) is 7.06. The third-order valence-electron chi connectivity index (χ3n) is 7.06. The number of alkyl halides is 3. The van der Waals surface area contributed by atoms with Crippen molar-refractivity contribution in [3.63, 3.8) is 0 Å². The monoisotopic (exact) mass is 540 g/mol. The van der Waals surface area contributed by atoms with Crippen LogP contribution in [-0.2, 0) is 19.1 Å². The highest BCUT2D eigenvalue weighted by Gasteiger charge is 2.30. The van der Waals surface area contributed by atoms with Crippen LogP contribution in [0.15, 0.2) is 42.5 Å². The minimum atomic E-state index is -4.39. The molecule has 1 saturated heterocycles. The average molecular weight is 541 g/mol. The Labute approximate surface area is 225 Å². The first-order chi connectivity index (χ1) is 18.7. The summed E-state index contributed by atoms with van der Waals surface area (Å²) in [5, 5.41) is 5.85. The van der Waals surface area contributed by atoms with Crippen molar-refractivity contribution in [3.8, 4) is 0 Å². The molecule has 9 nitrogen and oxygen atoms in total. The second kappa shape index (κ2) is 11.0. The summed E-state index contributed by atoms with van der Waals surface area (Å²) in [4.78, 5) is 33.4. The van der Waals surface area contributed by atoms with E-state index in [1.54, 1.807) is 13.1 Å². The Hall–Kier alpha value is -3.93. The zero-order chi connectivity index (χ0) is 27.6. The molecule has 1 amide bonds. The molecule has 3 heterocycles. The third kappa shape index (κ3) is 6.06. The number of halogens is 3. The van der Waals surface area contributed by atoms with E-state index in [1.165, 1.54) is 12.1 Å². The van der Waals surface area contributed by atoms with E-state index in [9.17, 15) is 18.0 Å². The highest BCUT2D eigenvalue weighted by molar-refractivity contribution is 5.95. The van der Waals surface area contributed by atoms with Gasteiger partial charge in [-0.2, -0.15) is 28.1 Å². The van der Waals surface area contributed by atoms with Crippen LogP contribution in [0.5, 0.6) is 0 Å².